The van der Waals surface area contributed by atoms with Crippen LogP contribution in [0.2, 0.25) is 0 Å². The molecule has 0 saturated carbocycles. The lowest BCUT2D eigenvalue weighted by Gasteiger charge is -2.14. The Kier molecular flexibility index (Phi) is 6.14. The van der Waals surface area contributed by atoms with Crippen LogP contribution in [0.15, 0.2) is 5.38 Å². The maximum absolute atomic E-state index is 11.9. The number of carbonyl (C=O) groups is 1. The quantitative estimate of drug-likeness (QED) is 0.834. The molecule has 19 heavy (non-hydrogen) atoms. The maximum Gasteiger partial charge on any atom is 0.139 e. The maximum atomic E-state index is 11.9. The topological polar surface area (TPSA) is 56.0 Å². The Balaban J connectivity index is 2.42. The summed E-state index contributed by atoms with van der Waals surface area (Å²) in [4.78, 5) is 16.5. The van der Waals surface area contributed by atoms with Gasteiger partial charge in [0.05, 0.1) is 12.1 Å². The average molecular weight is 282 g/mol. The minimum absolute atomic E-state index is 0.0629. The van der Waals surface area contributed by atoms with Crippen LogP contribution in [0.3, 0.4) is 0 Å². The summed E-state index contributed by atoms with van der Waals surface area (Å²) in [6, 6.07) is 0. The van der Waals surface area contributed by atoms with E-state index >= 15 is 0 Å². The van der Waals surface area contributed by atoms with E-state index in [4.69, 9.17) is 5.73 Å². The highest BCUT2D eigenvalue weighted by Gasteiger charge is 2.18. The Labute approximate surface area is 120 Å². The molecule has 0 amide bonds. The molecule has 0 aliphatic rings. The molecule has 1 aromatic rings. The summed E-state index contributed by atoms with van der Waals surface area (Å²) in [5, 5.41) is 3.01. The van der Waals surface area contributed by atoms with Crippen LogP contribution in [0.1, 0.15) is 57.7 Å². The minimum atomic E-state index is 0.0629. The molecule has 0 spiro atoms. The Bertz CT molecular complexity index is 407. The SMILES string of the molecule is CC(CCN)CCC(=O)Cc1nc(C(C)(C)C)cs1. The number of Topliss-reactive ketones (excluding diaryl/α,β-unsaturated/α-hetero) is 1. The van der Waals surface area contributed by atoms with Crippen LogP contribution >= 0.6 is 11.3 Å². The molecule has 1 heterocycles. The lowest BCUT2D eigenvalue weighted by atomic mass is 9.93. The number of nitrogens with zero attached hydrogens (tertiary/aromatic N) is 1. The zero-order valence-electron chi connectivity index (χ0n) is 12.5. The fraction of sp³-hybridized carbons (Fsp3) is 0.733. The lowest BCUT2D eigenvalue weighted by molar-refractivity contribution is -0.118. The summed E-state index contributed by atoms with van der Waals surface area (Å²) in [5.74, 6) is 0.828. The number of nitrogens with two attached hydrogens (primary N) is 1. The van der Waals surface area contributed by atoms with E-state index in [0.717, 1.165) is 23.5 Å². The Hall–Kier alpha value is -0.740. The molecule has 0 bridgehead atoms. The number of hydrogen-bond donors (Lipinski definition) is 1. The van der Waals surface area contributed by atoms with Crippen molar-refractivity contribution in [3.63, 3.8) is 0 Å². The first kappa shape index (κ1) is 16.3. The Morgan fingerprint density at radius 1 is 1.42 bits per heavy atom. The van der Waals surface area contributed by atoms with Gasteiger partial charge in [0.25, 0.3) is 0 Å². The molecule has 0 radical (unpaired) electrons. The predicted molar refractivity (Wildman–Crippen MR) is 81.6 cm³/mol. The summed E-state index contributed by atoms with van der Waals surface area (Å²) in [5.41, 5.74) is 6.65. The van der Waals surface area contributed by atoms with Crippen molar-refractivity contribution in [1.82, 2.24) is 4.98 Å². The molecule has 0 saturated heterocycles. The number of aromatic nitrogens is 1. The molecule has 1 rings (SSSR count). The third-order valence-electron chi connectivity index (χ3n) is 3.24. The molecule has 1 atom stereocenters. The Morgan fingerprint density at radius 2 is 2.11 bits per heavy atom. The van der Waals surface area contributed by atoms with Crippen molar-refractivity contribution < 1.29 is 4.79 Å². The highest BCUT2D eigenvalue weighted by atomic mass is 32.1. The third kappa shape index (κ3) is 5.83. The largest absolute Gasteiger partial charge is 0.330 e. The van der Waals surface area contributed by atoms with Gasteiger partial charge in [-0.2, -0.15) is 0 Å². The highest BCUT2D eigenvalue weighted by molar-refractivity contribution is 7.09. The van der Waals surface area contributed by atoms with Crippen molar-refractivity contribution in [2.45, 2.75) is 58.8 Å². The first-order valence-corrected chi connectivity index (χ1v) is 7.87. The first-order chi connectivity index (χ1) is 8.82. The van der Waals surface area contributed by atoms with E-state index in [-0.39, 0.29) is 5.41 Å². The molecule has 1 aromatic heterocycles. The van der Waals surface area contributed by atoms with Gasteiger partial charge in [0, 0.05) is 17.2 Å². The van der Waals surface area contributed by atoms with Crippen LogP contribution in [0.4, 0.5) is 0 Å². The van der Waals surface area contributed by atoms with Crippen LogP contribution in [-0.2, 0) is 16.6 Å². The van der Waals surface area contributed by atoms with Crippen molar-refractivity contribution in [3.05, 3.63) is 16.1 Å². The van der Waals surface area contributed by atoms with Gasteiger partial charge < -0.3 is 5.73 Å². The van der Waals surface area contributed by atoms with E-state index in [9.17, 15) is 4.79 Å². The van der Waals surface area contributed by atoms with Gasteiger partial charge >= 0.3 is 0 Å². The van der Waals surface area contributed by atoms with E-state index in [1.807, 2.05) is 0 Å². The molecule has 0 aromatic carbocycles. The van der Waals surface area contributed by atoms with Gasteiger partial charge in [0.1, 0.15) is 10.8 Å². The second-order valence-corrected chi connectivity index (χ2v) is 7.26. The van der Waals surface area contributed by atoms with Crippen LogP contribution < -0.4 is 5.73 Å². The van der Waals surface area contributed by atoms with Gasteiger partial charge in [-0.1, -0.05) is 27.7 Å². The molecule has 0 fully saturated rings. The molecular weight excluding hydrogens is 256 g/mol. The van der Waals surface area contributed by atoms with Crippen LogP contribution in [0.25, 0.3) is 0 Å². The van der Waals surface area contributed by atoms with Crippen molar-refractivity contribution in [1.29, 1.82) is 0 Å². The molecule has 4 heteroatoms. The zero-order valence-corrected chi connectivity index (χ0v) is 13.3. The number of thiazole rings is 1. The van der Waals surface area contributed by atoms with E-state index in [2.05, 4.69) is 38.1 Å². The summed E-state index contributed by atoms with van der Waals surface area (Å²) < 4.78 is 0. The van der Waals surface area contributed by atoms with Gasteiger partial charge in [-0.05, 0) is 25.3 Å². The number of rotatable bonds is 7. The summed E-state index contributed by atoms with van der Waals surface area (Å²) >= 11 is 1.60. The molecule has 1 unspecified atom stereocenters. The van der Waals surface area contributed by atoms with Crippen molar-refractivity contribution >= 4 is 17.1 Å². The van der Waals surface area contributed by atoms with E-state index in [1.165, 1.54) is 0 Å². The number of ketones is 1. The average Bonchev–Trinajstić information content (AvgIpc) is 2.75. The Morgan fingerprint density at radius 3 is 2.63 bits per heavy atom. The second kappa shape index (κ2) is 7.15. The summed E-state index contributed by atoms with van der Waals surface area (Å²) in [6.07, 6.45) is 3.06. The number of hydrogen-bond acceptors (Lipinski definition) is 4. The van der Waals surface area contributed by atoms with Gasteiger partial charge in [-0.15, -0.1) is 11.3 Å². The normalized spacial score (nSPS) is 13.5. The van der Waals surface area contributed by atoms with Crippen molar-refractivity contribution in [3.8, 4) is 0 Å². The van der Waals surface area contributed by atoms with E-state index in [1.54, 1.807) is 11.3 Å². The van der Waals surface area contributed by atoms with Gasteiger partial charge in [0.2, 0.25) is 0 Å². The second-order valence-electron chi connectivity index (χ2n) is 6.31. The molecule has 3 nitrogen and oxygen atoms in total. The lowest BCUT2D eigenvalue weighted by Crippen LogP contribution is -2.12. The summed E-state index contributed by atoms with van der Waals surface area (Å²) in [7, 11) is 0. The van der Waals surface area contributed by atoms with Crippen LogP contribution in [0.5, 0.6) is 0 Å². The smallest absolute Gasteiger partial charge is 0.139 e. The van der Waals surface area contributed by atoms with Gasteiger partial charge in [0.15, 0.2) is 0 Å². The molecule has 0 aliphatic carbocycles. The molecular formula is C15H26N2OS. The predicted octanol–water partition coefficient (Wildman–Crippen LogP) is 3.32. The van der Waals surface area contributed by atoms with Gasteiger partial charge in [-0.3, -0.25) is 4.79 Å². The fourth-order valence-electron chi connectivity index (χ4n) is 1.83. The van der Waals surface area contributed by atoms with Crippen LogP contribution in [-0.4, -0.2) is 17.3 Å². The standard InChI is InChI=1S/C15H26N2OS/c1-11(7-8-16)5-6-12(18)9-14-17-13(10-19-14)15(2,3)4/h10-11H,5-9,16H2,1-4H3. The van der Waals surface area contributed by atoms with Crippen molar-refractivity contribution in [2.75, 3.05) is 6.54 Å². The van der Waals surface area contributed by atoms with Crippen molar-refractivity contribution in [2.24, 2.45) is 11.7 Å². The molecule has 2 N–H and O–H groups in total. The summed E-state index contributed by atoms with van der Waals surface area (Å²) in [6.45, 7) is 9.28. The molecule has 108 valence electrons. The van der Waals surface area contributed by atoms with Gasteiger partial charge in [-0.25, -0.2) is 4.98 Å². The number of carbonyl (C=O) groups excluding carboxylic acids is 1. The van der Waals surface area contributed by atoms with Crippen LogP contribution in [0, 0.1) is 5.92 Å². The zero-order chi connectivity index (χ0) is 14.5. The monoisotopic (exact) mass is 282 g/mol. The first-order valence-electron chi connectivity index (χ1n) is 6.99. The fourth-order valence-corrected chi connectivity index (χ4v) is 2.88. The molecule has 0 aliphatic heterocycles. The highest BCUT2D eigenvalue weighted by Crippen LogP contribution is 2.24. The minimum Gasteiger partial charge on any atom is -0.330 e. The van der Waals surface area contributed by atoms with E-state index < -0.39 is 0 Å². The third-order valence-corrected chi connectivity index (χ3v) is 4.09. The van der Waals surface area contributed by atoms with E-state index in [0.29, 0.717) is 31.1 Å².